The van der Waals surface area contributed by atoms with Crippen LogP contribution in [-0.4, -0.2) is 22.5 Å². The van der Waals surface area contributed by atoms with E-state index in [0.29, 0.717) is 24.1 Å². The third kappa shape index (κ3) is 5.04. The Kier molecular flexibility index (Phi) is 5.99. The highest BCUT2D eigenvalue weighted by Gasteiger charge is 2.12. The van der Waals surface area contributed by atoms with E-state index in [0.717, 1.165) is 16.8 Å². The molecule has 0 atom stereocenters. The molecule has 0 spiro atoms. The number of aryl methyl sites for hydroxylation is 1. The zero-order valence-electron chi connectivity index (χ0n) is 15.2. The molecular weight excluding hydrogens is 344 g/mol. The third-order valence-corrected chi connectivity index (χ3v) is 3.73. The Bertz CT molecular complexity index is 915. The highest BCUT2D eigenvalue weighted by atomic mass is 16.5. The molecule has 0 bridgehead atoms. The van der Waals surface area contributed by atoms with Crippen molar-refractivity contribution in [2.24, 2.45) is 0 Å². The monoisotopic (exact) mass is 364 g/mol. The lowest BCUT2D eigenvalue weighted by molar-refractivity contribution is -0.137. The van der Waals surface area contributed by atoms with Crippen molar-refractivity contribution >= 4 is 12.0 Å². The molecule has 0 aliphatic heterocycles. The fraction of sp³-hybridized carbons (Fsp3) is 0.190. The molecule has 0 saturated carbocycles. The highest BCUT2D eigenvalue weighted by molar-refractivity contribution is 5.86. The van der Waals surface area contributed by atoms with Crippen LogP contribution in [0.15, 0.2) is 59.2 Å². The molecule has 138 valence electrons. The summed E-state index contributed by atoms with van der Waals surface area (Å²) >= 11 is 0. The number of aromatic nitrogens is 2. The molecule has 0 aliphatic rings. The standard InChI is InChI=1S/C21H20N2O4/c1-3-25-20(24)12-10-16-9-11-19(22-13-16)26-14-18-15(2)27-21(23-18)17-7-5-4-6-8-17/h4-13H,3,14H2,1-2H3. The number of ether oxygens (including phenoxy) is 2. The molecule has 0 fully saturated rings. The van der Waals surface area contributed by atoms with Gasteiger partial charge in [0.15, 0.2) is 0 Å². The SMILES string of the molecule is CCOC(=O)C=Cc1ccc(OCc2nc(-c3ccccc3)oc2C)nc1. The van der Waals surface area contributed by atoms with Crippen LogP contribution in [0.1, 0.15) is 23.9 Å². The first-order valence-electron chi connectivity index (χ1n) is 8.61. The average Bonchev–Trinajstić information content (AvgIpc) is 3.07. The van der Waals surface area contributed by atoms with E-state index in [1.807, 2.05) is 43.3 Å². The number of carbonyl (C=O) groups is 1. The first-order valence-corrected chi connectivity index (χ1v) is 8.61. The molecule has 0 amide bonds. The fourth-order valence-electron chi connectivity index (χ4n) is 2.34. The Morgan fingerprint density at radius 3 is 2.70 bits per heavy atom. The van der Waals surface area contributed by atoms with Crippen LogP contribution in [0.25, 0.3) is 17.5 Å². The predicted molar refractivity (Wildman–Crippen MR) is 101 cm³/mol. The Labute approximate surface area is 157 Å². The van der Waals surface area contributed by atoms with Crippen LogP contribution in [0.5, 0.6) is 5.88 Å². The number of rotatable bonds is 7. The Hall–Kier alpha value is -3.41. The van der Waals surface area contributed by atoms with Gasteiger partial charge in [0, 0.05) is 23.9 Å². The van der Waals surface area contributed by atoms with Crippen LogP contribution in [0.4, 0.5) is 0 Å². The lowest BCUT2D eigenvalue weighted by Crippen LogP contribution is -1.99. The second-order valence-corrected chi connectivity index (χ2v) is 5.69. The molecule has 0 unspecified atom stereocenters. The first kappa shape index (κ1) is 18.4. The van der Waals surface area contributed by atoms with E-state index in [2.05, 4.69) is 9.97 Å². The second kappa shape index (κ2) is 8.80. The van der Waals surface area contributed by atoms with Gasteiger partial charge in [-0.05, 0) is 43.7 Å². The Morgan fingerprint density at radius 2 is 2.00 bits per heavy atom. The molecule has 0 N–H and O–H groups in total. The smallest absolute Gasteiger partial charge is 0.330 e. The van der Waals surface area contributed by atoms with Gasteiger partial charge < -0.3 is 13.9 Å². The number of hydrogen-bond donors (Lipinski definition) is 0. The molecule has 0 radical (unpaired) electrons. The van der Waals surface area contributed by atoms with E-state index in [-0.39, 0.29) is 12.6 Å². The Balaban J connectivity index is 1.60. The summed E-state index contributed by atoms with van der Waals surface area (Å²) in [5, 5.41) is 0. The average molecular weight is 364 g/mol. The molecule has 1 aromatic carbocycles. The van der Waals surface area contributed by atoms with Gasteiger partial charge in [-0.2, -0.15) is 0 Å². The van der Waals surface area contributed by atoms with Gasteiger partial charge >= 0.3 is 5.97 Å². The maximum absolute atomic E-state index is 11.3. The molecule has 2 aromatic heterocycles. The van der Waals surface area contributed by atoms with Crippen molar-refractivity contribution in [2.45, 2.75) is 20.5 Å². The summed E-state index contributed by atoms with van der Waals surface area (Å²) in [6.45, 7) is 4.22. The van der Waals surface area contributed by atoms with Gasteiger partial charge in [-0.15, -0.1) is 0 Å². The number of carbonyl (C=O) groups excluding carboxylic acids is 1. The largest absolute Gasteiger partial charge is 0.471 e. The summed E-state index contributed by atoms with van der Waals surface area (Å²) in [7, 11) is 0. The molecule has 6 nitrogen and oxygen atoms in total. The maximum atomic E-state index is 11.3. The minimum Gasteiger partial charge on any atom is -0.471 e. The summed E-state index contributed by atoms with van der Waals surface area (Å²) in [5.41, 5.74) is 2.42. The minimum absolute atomic E-state index is 0.257. The van der Waals surface area contributed by atoms with Gasteiger partial charge in [0.2, 0.25) is 11.8 Å². The zero-order valence-corrected chi connectivity index (χ0v) is 15.2. The van der Waals surface area contributed by atoms with Gasteiger partial charge in [0.1, 0.15) is 18.1 Å². The molecule has 2 heterocycles. The Morgan fingerprint density at radius 1 is 1.19 bits per heavy atom. The summed E-state index contributed by atoms with van der Waals surface area (Å²) in [5.74, 6) is 1.36. The molecule has 6 heteroatoms. The van der Waals surface area contributed by atoms with E-state index >= 15 is 0 Å². The zero-order chi connectivity index (χ0) is 19.1. The fourth-order valence-corrected chi connectivity index (χ4v) is 2.34. The number of pyridine rings is 1. The van der Waals surface area contributed by atoms with Crippen molar-refractivity contribution in [1.29, 1.82) is 0 Å². The van der Waals surface area contributed by atoms with E-state index < -0.39 is 0 Å². The van der Waals surface area contributed by atoms with Crippen LogP contribution in [0.3, 0.4) is 0 Å². The van der Waals surface area contributed by atoms with Crippen LogP contribution in [0, 0.1) is 6.92 Å². The minimum atomic E-state index is -0.381. The van der Waals surface area contributed by atoms with Crippen molar-refractivity contribution < 1.29 is 18.7 Å². The van der Waals surface area contributed by atoms with Gasteiger partial charge in [-0.25, -0.2) is 14.8 Å². The number of oxazole rings is 1. The van der Waals surface area contributed by atoms with Crippen molar-refractivity contribution in [2.75, 3.05) is 6.61 Å². The quantitative estimate of drug-likeness (QED) is 0.462. The van der Waals surface area contributed by atoms with E-state index in [9.17, 15) is 4.79 Å². The molecular formula is C21H20N2O4. The summed E-state index contributed by atoms with van der Waals surface area (Å²) < 4.78 is 16.2. The number of hydrogen-bond acceptors (Lipinski definition) is 6. The highest BCUT2D eigenvalue weighted by Crippen LogP contribution is 2.22. The predicted octanol–water partition coefficient (Wildman–Crippen LogP) is 4.20. The molecule has 3 aromatic rings. The lowest BCUT2D eigenvalue weighted by atomic mass is 10.2. The van der Waals surface area contributed by atoms with Crippen molar-refractivity contribution in [3.05, 3.63) is 71.8 Å². The van der Waals surface area contributed by atoms with Crippen molar-refractivity contribution in [3.8, 4) is 17.3 Å². The third-order valence-electron chi connectivity index (χ3n) is 3.73. The van der Waals surface area contributed by atoms with E-state index in [1.165, 1.54) is 6.08 Å². The van der Waals surface area contributed by atoms with Crippen molar-refractivity contribution in [3.63, 3.8) is 0 Å². The topological polar surface area (TPSA) is 74.5 Å². The molecule has 3 rings (SSSR count). The first-order chi connectivity index (χ1) is 13.2. The van der Waals surface area contributed by atoms with Crippen molar-refractivity contribution in [1.82, 2.24) is 9.97 Å². The lowest BCUT2D eigenvalue weighted by Gasteiger charge is -2.03. The van der Waals surface area contributed by atoms with Crippen LogP contribution in [0.2, 0.25) is 0 Å². The van der Waals surface area contributed by atoms with Crippen LogP contribution >= 0.6 is 0 Å². The molecule has 0 aliphatic carbocycles. The summed E-state index contributed by atoms with van der Waals surface area (Å²) in [6, 6.07) is 13.3. The van der Waals surface area contributed by atoms with Gasteiger partial charge in [0.25, 0.3) is 0 Å². The summed E-state index contributed by atoms with van der Waals surface area (Å²) in [6.07, 6.45) is 4.63. The van der Waals surface area contributed by atoms with Gasteiger partial charge in [0.05, 0.1) is 6.61 Å². The van der Waals surface area contributed by atoms with Crippen LogP contribution in [-0.2, 0) is 16.1 Å². The normalized spacial score (nSPS) is 10.9. The van der Waals surface area contributed by atoms with Crippen LogP contribution < -0.4 is 4.74 Å². The number of esters is 1. The van der Waals surface area contributed by atoms with Gasteiger partial charge in [-0.3, -0.25) is 0 Å². The van der Waals surface area contributed by atoms with Gasteiger partial charge in [-0.1, -0.05) is 18.2 Å². The number of benzene rings is 1. The van der Waals surface area contributed by atoms with E-state index in [1.54, 1.807) is 25.3 Å². The van der Waals surface area contributed by atoms with E-state index in [4.69, 9.17) is 13.9 Å². The number of nitrogens with zero attached hydrogens (tertiary/aromatic N) is 2. The maximum Gasteiger partial charge on any atom is 0.330 e. The molecule has 27 heavy (non-hydrogen) atoms. The second-order valence-electron chi connectivity index (χ2n) is 5.69. The molecule has 0 saturated heterocycles. The summed E-state index contributed by atoms with van der Waals surface area (Å²) in [4.78, 5) is 20.0.